The molecule has 0 amide bonds. The van der Waals surface area contributed by atoms with Gasteiger partial charge in [-0.2, -0.15) is 0 Å². The van der Waals surface area contributed by atoms with Crippen LogP contribution in [0.4, 0.5) is 0 Å². The summed E-state index contributed by atoms with van der Waals surface area (Å²) in [4.78, 5) is 0. The maximum Gasteiger partial charge on any atom is 0.330 e. The van der Waals surface area contributed by atoms with Gasteiger partial charge in [-0.05, 0) is 0 Å². The Bertz CT molecular complexity index is 215. The quantitative estimate of drug-likeness (QED) is 0.506. The van der Waals surface area contributed by atoms with Crippen LogP contribution < -0.4 is 0 Å². The van der Waals surface area contributed by atoms with E-state index in [1.165, 1.54) is 7.11 Å². The van der Waals surface area contributed by atoms with E-state index in [1.54, 1.807) is 0 Å². The van der Waals surface area contributed by atoms with Crippen LogP contribution in [0.15, 0.2) is 0 Å². The van der Waals surface area contributed by atoms with Crippen LogP contribution >= 0.6 is 7.60 Å². The highest BCUT2D eigenvalue weighted by molar-refractivity contribution is 7.53. The number of nitrogens with zero attached hydrogens (tertiary/aromatic N) is 1. The van der Waals surface area contributed by atoms with E-state index in [0.717, 1.165) is 17.4 Å². The van der Waals surface area contributed by atoms with Crippen molar-refractivity contribution < 1.29 is 23.2 Å². The lowest BCUT2D eigenvalue weighted by Gasteiger charge is -2.24. The monoisotopic (exact) mass is 240 g/mol. The van der Waals surface area contributed by atoms with E-state index >= 15 is 0 Å². The first-order valence-corrected chi connectivity index (χ1v) is 6.76. The van der Waals surface area contributed by atoms with Gasteiger partial charge in [0.15, 0.2) is 0 Å². The molecule has 1 N–H and O–H groups in total. The second kappa shape index (κ2) is 6.61. The first-order valence-electron chi connectivity index (χ1n) is 5.03. The van der Waals surface area contributed by atoms with Crippen molar-refractivity contribution >= 4 is 7.60 Å². The Morgan fingerprint density at radius 3 is 2.33 bits per heavy atom. The standard InChI is InChI=1S/C9H23NO4P/c1-10(2,3)6-5-9-15(12,13-4)14-8-7-11/h11H,5-9H2,1-4H3/q+1. The first-order chi connectivity index (χ1) is 6.83. The summed E-state index contributed by atoms with van der Waals surface area (Å²) >= 11 is 0. The number of rotatable bonds is 8. The molecule has 1 atom stereocenters. The van der Waals surface area contributed by atoms with Crippen LogP contribution in [-0.2, 0) is 13.6 Å². The maximum absolute atomic E-state index is 11.9. The van der Waals surface area contributed by atoms with Gasteiger partial charge in [-0.3, -0.25) is 4.57 Å². The molecule has 0 aromatic rings. The number of hydrogen-bond acceptors (Lipinski definition) is 4. The fourth-order valence-electron chi connectivity index (χ4n) is 1.13. The summed E-state index contributed by atoms with van der Waals surface area (Å²) in [7, 11) is 4.63. The van der Waals surface area contributed by atoms with E-state index in [-0.39, 0.29) is 13.2 Å². The highest BCUT2D eigenvalue weighted by Crippen LogP contribution is 2.47. The van der Waals surface area contributed by atoms with E-state index in [1.807, 2.05) is 0 Å². The van der Waals surface area contributed by atoms with E-state index in [0.29, 0.717) is 6.16 Å². The Morgan fingerprint density at radius 2 is 1.93 bits per heavy atom. The molecular weight excluding hydrogens is 217 g/mol. The van der Waals surface area contributed by atoms with Gasteiger partial charge >= 0.3 is 7.60 Å². The van der Waals surface area contributed by atoms with Crippen molar-refractivity contribution in [2.45, 2.75) is 6.42 Å². The van der Waals surface area contributed by atoms with Crippen LogP contribution in [0.5, 0.6) is 0 Å². The molecule has 5 nitrogen and oxygen atoms in total. The molecule has 0 rings (SSSR count). The van der Waals surface area contributed by atoms with E-state index in [2.05, 4.69) is 21.1 Å². The molecule has 6 heteroatoms. The maximum atomic E-state index is 11.9. The molecule has 15 heavy (non-hydrogen) atoms. The fourth-order valence-corrected chi connectivity index (χ4v) is 2.43. The van der Waals surface area contributed by atoms with Crippen molar-refractivity contribution in [3.63, 3.8) is 0 Å². The number of hydrogen-bond donors (Lipinski definition) is 1. The summed E-state index contributed by atoms with van der Waals surface area (Å²) in [5, 5.41) is 8.58. The Kier molecular flexibility index (Phi) is 6.64. The van der Waals surface area contributed by atoms with Crippen LogP contribution in [0.25, 0.3) is 0 Å². The van der Waals surface area contributed by atoms with Gasteiger partial charge < -0.3 is 18.6 Å². The average molecular weight is 240 g/mol. The van der Waals surface area contributed by atoms with Gasteiger partial charge in [-0.15, -0.1) is 0 Å². The summed E-state index contributed by atoms with van der Waals surface area (Å²) < 4.78 is 22.6. The molecule has 0 fully saturated rings. The van der Waals surface area contributed by atoms with Gasteiger partial charge in [0.1, 0.15) is 0 Å². The van der Waals surface area contributed by atoms with Crippen LogP contribution in [0.3, 0.4) is 0 Å². The zero-order chi connectivity index (χ0) is 11.9. The topological polar surface area (TPSA) is 55.8 Å². The smallest absolute Gasteiger partial charge is 0.330 e. The lowest BCUT2D eigenvalue weighted by Crippen LogP contribution is -2.35. The van der Waals surface area contributed by atoms with Crippen molar-refractivity contribution in [2.24, 2.45) is 0 Å². The predicted molar refractivity (Wildman–Crippen MR) is 60.0 cm³/mol. The Labute approximate surface area is 92.1 Å². The number of quaternary nitrogens is 1. The molecule has 0 bridgehead atoms. The van der Waals surface area contributed by atoms with Gasteiger partial charge in [0.05, 0.1) is 47.1 Å². The molecule has 0 aliphatic carbocycles. The van der Waals surface area contributed by atoms with Crippen LogP contribution in [0.2, 0.25) is 0 Å². The summed E-state index contributed by atoms with van der Waals surface area (Å²) in [6.07, 6.45) is 1.18. The molecule has 0 saturated heterocycles. The van der Waals surface area contributed by atoms with E-state index < -0.39 is 7.60 Å². The minimum atomic E-state index is -2.97. The fraction of sp³-hybridized carbons (Fsp3) is 1.00. The third-order valence-corrected chi connectivity index (χ3v) is 3.91. The van der Waals surface area contributed by atoms with E-state index in [4.69, 9.17) is 14.2 Å². The van der Waals surface area contributed by atoms with Gasteiger partial charge in [0, 0.05) is 13.5 Å². The highest BCUT2D eigenvalue weighted by Gasteiger charge is 2.23. The molecule has 0 aliphatic rings. The summed E-state index contributed by atoms with van der Waals surface area (Å²) in [6.45, 7) is 0.841. The Balaban J connectivity index is 3.93. The van der Waals surface area contributed by atoms with Crippen molar-refractivity contribution in [1.82, 2.24) is 0 Å². The van der Waals surface area contributed by atoms with Crippen molar-refractivity contribution in [2.75, 3.05) is 54.2 Å². The van der Waals surface area contributed by atoms with Crippen LogP contribution in [-0.4, -0.2) is 63.8 Å². The summed E-state index contributed by atoms with van der Waals surface area (Å²) in [6, 6.07) is 0. The van der Waals surface area contributed by atoms with Gasteiger partial charge in [0.25, 0.3) is 0 Å². The molecule has 0 saturated carbocycles. The number of aliphatic hydroxyl groups is 1. The lowest BCUT2D eigenvalue weighted by atomic mass is 10.4. The third kappa shape index (κ3) is 7.94. The Morgan fingerprint density at radius 1 is 1.33 bits per heavy atom. The van der Waals surface area contributed by atoms with Gasteiger partial charge in [-0.1, -0.05) is 0 Å². The van der Waals surface area contributed by atoms with Gasteiger partial charge in [-0.25, -0.2) is 0 Å². The molecule has 0 aromatic heterocycles. The predicted octanol–water partition coefficient (Wildman–Crippen LogP) is 0.931. The summed E-state index contributed by atoms with van der Waals surface area (Å²) in [5.74, 6) is 0. The summed E-state index contributed by atoms with van der Waals surface area (Å²) in [5.41, 5.74) is 0. The second-order valence-corrected chi connectivity index (χ2v) is 6.73. The average Bonchev–Trinajstić information content (AvgIpc) is 2.13. The van der Waals surface area contributed by atoms with Crippen molar-refractivity contribution in [3.8, 4) is 0 Å². The highest BCUT2D eigenvalue weighted by atomic mass is 31.2. The lowest BCUT2D eigenvalue weighted by molar-refractivity contribution is -0.870. The molecule has 0 aromatic carbocycles. The molecule has 1 unspecified atom stereocenters. The second-order valence-electron chi connectivity index (χ2n) is 4.44. The van der Waals surface area contributed by atoms with Gasteiger partial charge in [0.2, 0.25) is 0 Å². The molecule has 0 heterocycles. The number of aliphatic hydroxyl groups excluding tert-OH is 1. The molecule has 0 spiro atoms. The van der Waals surface area contributed by atoms with Crippen LogP contribution in [0, 0.1) is 0 Å². The molecular formula is C9H23NO4P+. The molecule has 0 radical (unpaired) electrons. The largest absolute Gasteiger partial charge is 0.394 e. The zero-order valence-corrected chi connectivity index (χ0v) is 11.0. The van der Waals surface area contributed by atoms with E-state index in [9.17, 15) is 4.57 Å². The normalized spacial score (nSPS) is 16.3. The molecule has 92 valence electrons. The molecule has 0 aliphatic heterocycles. The van der Waals surface area contributed by atoms with Crippen molar-refractivity contribution in [1.29, 1.82) is 0 Å². The third-order valence-electron chi connectivity index (χ3n) is 1.92. The minimum absolute atomic E-state index is 0.0650. The van der Waals surface area contributed by atoms with Crippen LogP contribution in [0.1, 0.15) is 6.42 Å². The van der Waals surface area contributed by atoms with Crippen molar-refractivity contribution in [3.05, 3.63) is 0 Å². The zero-order valence-electron chi connectivity index (χ0n) is 10.1. The SMILES string of the molecule is COP(=O)(CCC[N+](C)(C)C)OCCO. The Hall–Kier alpha value is 0.0700. The first kappa shape index (κ1) is 15.1. The minimum Gasteiger partial charge on any atom is -0.394 e.